The van der Waals surface area contributed by atoms with E-state index in [2.05, 4.69) is 9.97 Å². The van der Waals surface area contributed by atoms with Gasteiger partial charge in [0.15, 0.2) is 5.69 Å². The van der Waals surface area contributed by atoms with Gasteiger partial charge in [-0.1, -0.05) is 48.5 Å². The predicted octanol–water partition coefficient (Wildman–Crippen LogP) is 3.65. The van der Waals surface area contributed by atoms with Gasteiger partial charge in [0, 0.05) is 11.1 Å². The minimum Gasteiger partial charge on any atom is -0.358 e. The van der Waals surface area contributed by atoms with Gasteiger partial charge >= 0.3 is 5.82 Å². The lowest BCUT2D eigenvalue weighted by atomic mass is 10.1. The molecule has 0 unspecified atom stereocenters. The maximum Gasteiger partial charge on any atom is 0.349 e. The number of aromatic nitrogens is 2. The fraction of sp³-hybridized carbons (Fsp3) is 0. The summed E-state index contributed by atoms with van der Waals surface area (Å²) in [5.41, 5.74) is 1.89. The molecule has 1 aromatic heterocycles. The minimum absolute atomic E-state index is 0.0879. The van der Waals surface area contributed by atoms with Crippen molar-refractivity contribution in [2.75, 3.05) is 0 Å². The highest BCUT2D eigenvalue weighted by Gasteiger charge is 2.21. The molecule has 20 heavy (non-hydrogen) atoms. The van der Waals surface area contributed by atoms with Crippen molar-refractivity contribution >= 4 is 5.82 Å². The van der Waals surface area contributed by atoms with Crippen LogP contribution in [0.4, 0.5) is 5.82 Å². The van der Waals surface area contributed by atoms with Gasteiger partial charge in [-0.25, -0.2) is 4.98 Å². The molecule has 0 aliphatic rings. The summed E-state index contributed by atoms with van der Waals surface area (Å²) in [6, 6.07) is 18.5. The Kier molecular flexibility index (Phi) is 3.01. The summed E-state index contributed by atoms with van der Waals surface area (Å²) in [4.78, 5) is 17.9. The van der Waals surface area contributed by atoms with Gasteiger partial charge in [0.1, 0.15) is 0 Å². The first-order valence-corrected chi connectivity index (χ1v) is 6.11. The Balaban J connectivity index is 2.15. The number of imidazole rings is 1. The van der Waals surface area contributed by atoms with Gasteiger partial charge in [-0.05, 0) is 17.1 Å². The number of nitrogens with zero attached hydrogens (tertiary/aromatic N) is 2. The van der Waals surface area contributed by atoms with Crippen LogP contribution >= 0.6 is 0 Å². The third-order valence-electron chi connectivity index (χ3n) is 2.96. The molecule has 0 aliphatic carbocycles. The standard InChI is InChI=1S/C15H11N3O2/c19-18(20)15-13(11-7-3-1-4-8-11)16-14(17-15)12-9-5-2-6-10-12/h1-10H,(H,16,17). The third kappa shape index (κ3) is 2.16. The molecule has 0 bridgehead atoms. The van der Waals surface area contributed by atoms with E-state index < -0.39 is 4.92 Å². The van der Waals surface area contributed by atoms with Gasteiger partial charge in [0.05, 0.1) is 0 Å². The quantitative estimate of drug-likeness (QED) is 0.580. The van der Waals surface area contributed by atoms with Crippen molar-refractivity contribution in [2.45, 2.75) is 0 Å². The molecule has 0 amide bonds. The van der Waals surface area contributed by atoms with Gasteiger partial charge in [-0.2, -0.15) is 4.98 Å². The van der Waals surface area contributed by atoms with Crippen molar-refractivity contribution in [2.24, 2.45) is 0 Å². The minimum atomic E-state index is -0.443. The van der Waals surface area contributed by atoms with Crippen LogP contribution in [0.3, 0.4) is 0 Å². The van der Waals surface area contributed by atoms with E-state index in [0.717, 1.165) is 11.1 Å². The lowest BCUT2D eigenvalue weighted by Gasteiger charge is -1.96. The topological polar surface area (TPSA) is 71.8 Å². The molecule has 0 saturated heterocycles. The van der Waals surface area contributed by atoms with Gasteiger partial charge in [-0.3, -0.25) is 0 Å². The summed E-state index contributed by atoms with van der Waals surface area (Å²) in [5, 5.41) is 11.2. The van der Waals surface area contributed by atoms with E-state index in [1.165, 1.54) is 0 Å². The second-order valence-corrected chi connectivity index (χ2v) is 4.27. The number of H-pyrrole nitrogens is 1. The fourth-order valence-corrected chi connectivity index (χ4v) is 2.03. The smallest absolute Gasteiger partial charge is 0.349 e. The van der Waals surface area contributed by atoms with E-state index in [9.17, 15) is 10.1 Å². The molecule has 3 aromatic rings. The lowest BCUT2D eigenvalue weighted by Crippen LogP contribution is -1.90. The Hall–Kier alpha value is -2.95. The van der Waals surface area contributed by atoms with Crippen LogP contribution in [0, 0.1) is 10.1 Å². The Bertz CT molecular complexity index is 736. The average Bonchev–Trinajstić information content (AvgIpc) is 2.94. The number of nitrogens with one attached hydrogen (secondary N) is 1. The molecule has 0 saturated carbocycles. The van der Waals surface area contributed by atoms with Crippen LogP contribution in [-0.2, 0) is 0 Å². The molecule has 0 spiro atoms. The monoisotopic (exact) mass is 265 g/mol. The summed E-state index contributed by atoms with van der Waals surface area (Å²) >= 11 is 0. The second kappa shape index (κ2) is 4.97. The van der Waals surface area contributed by atoms with E-state index in [1.54, 1.807) is 12.1 Å². The first-order valence-electron chi connectivity index (χ1n) is 6.11. The van der Waals surface area contributed by atoms with Crippen LogP contribution in [0.15, 0.2) is 60.7 Å². The number of nitro groups is 1. The second-order valence-electron chi connectivity index (χ2n) is 4.27. The molecule has 0 fully saturated rings. The highest BCUT2D eigenvalue weighted by molar-refractivity contribution is 5.72. The van der Waals surface area contributed by atoms with Crippen LogP contribution in [0.5, 0.6) is 0 Å². The zero-order valence-electron chi connectivity index (χ0n) is 10.5. The van der Waals surface area contributed by atoms with Crippen LogP contribution in [0.2, 0.25) is 0 Å². The van der Waals surface area contributed by atoms with Gasteiger partial charge in [0.25, 0.3) is 0 Å². The van der Waals surface area contributed by atoms with Crippen LogP contribution < -0.4 is 0 Å². The number of benzene rings is 2. The number of aromatic amines is 1. The summed E-state index contributed by atoms with van der Waals surface area (Å²) < 4.78 is 0. The molecule has 5 heteroatoms. The third-order valence-corrected chi connectivity index (χ3v) is 2.96. The highest BCUT2D eigenvalue weighted by atomic mass is 16.6. The normalized spacial score (nSPS) is 10.4. The molecule has 0 radical (unpaired) electrons. The lowest BCUT2D eigenvalue weighted by molar-refractivity contribution is -0.388. The van der Waals surface area contributed by atoms with Gasteiger partial charge in [-0.15, -0.1) is 0 Å². The Morgan fingerprint density at radius 2 is 1.45 bits per heavy atom. The number of hydrogen-bond donors (Lipinski definition) is 1. The van der Waals surface area contributed by atoms with E-state index in [4.69, 9.17) is 0 Å². The molecular formula is C15H11N3O2. The summed E-state index contributed by atoms with van der Waals surface area (Å²) in [6.07, 6.45) is 0. The van der Waals surface area contributed by atoms with Crippen molar-refractivity contribution in [3.8, 4) is 22.6 Å². The Labute approximate surface area is 115 Å². The van der Waals surface area contributed by atoms with E-state index in [0.29, 0.717) is 11.5 Å². The summed E-state index contributed by atoms with van der Waals surface area (Å²) in [7, 11) is 0. The molecule has 2 aromatic carbocycles. The molecule has 3 rings (SSSR count). The molecule has 0 atom stereocenters. The molecule has 1 heterocycles. The zero-order valence-corrected chi connectivity index (χ0v) is 10.5. The average molecular weight is 265 g/mol. The number of rotatable bonds is 3. The fourth-order valence-electron chi connectivity index (χ4n) is 2.03. The zero-order chi connectivity index (χ0) is 13.9. The summed E-state index contributed by atoms with van der Waals surface area (Å²) in [6.45, 7) is 0. The Morgan fingerprint density at radius 1 is 0.900 bits per heavy atom. The maximum absolute atomic E-state index is 11.2. The van der Waals surface area contributed by atoms with Crippen molar-refractivity contribution in [1.82, 2.24) is 9.97 Å². The van der Waals surface area contributed by atoms with Crippen molar-refractivity contribution in [1.29, 1.82) is 0 Å². The summed E-state index contributed by atoms with van der Waals surface area (Å²) in [5.74, 6) is 0.409. The van der Waals surface area contributed by atoms with Crippen LogP contribution in [-0.4, -0.2) is 14.9 Å². The van der Waals surface area contributed by atoms with Gasteiger partial charge < -0.3 is 10.1 Å². The molecular weight excluding hydrogens is 254 g/mol. The van der Waals surface area contributed by atoms with Crippen molar-refractivity contribution in [3.63, 3.8) is 0 Å². The maximum atomic E-state index is 11.2. The molecule has 5 nitrogen and oxygen atoms in total. The van der Waals surface area contributed by atoms with Crippen molar-refractivity contribution < 1.29 is 4.92 Å². The largest absolute Gasteiger partial charge is 0.358 e. The van der Waals surface area contributed by atoms with Gasteiger partial charge in [0.2, 0.25) is 5.82 Å². The Morgan fingerprint density at radius 3 is 2.00 bits per heavy atom. The SMILES string of the molecule is O=[N+]([O-])c1[nH]c(-c2ccccc2)nc1-c1ccccc1. The van der Waals surface area contributed by atoms with E-state index in [-0.39, 0.29) is 5.82 Å². The molecule has 1 N–H and O–H groups in total. The molecule has 98 valence electrons. The number of hydrogen-bond acceptors (Lipinski definition) is 3. The molecule has 0 aliphatic heterocycles. The van der Waals surface area contributed by atoms with Crippen LogP contribution in [0.1, 0.15) is 0 Å². The van der Waals surface area contributed by atoms with E-state index in [1.807, 2.05) is 48.5 Å². The highest BCUT2D eigenvalue weighted by Crippen LogP contribution is 2.30. The first kappa shape index (κ1) is 12.1. The predicted molar refractivity (Wildman–Crippen MR) is 76.1 cm³/mol. The first-order chi connectivity index (χ1) is 9.75. The van der Waals surface area contributed by atoms with Crippen LogP contribution in [0.25, 0.3) is 22.6 Å². The van der Waals surface area contributed by atoms with E-state index >= 15 is 0 Å². The van der Waals surface area contributed by atoms with Crippen molar-refractivity contribution in [3.05, 3.63) is 70.8 Å².